The lowest BCUT2D eigenvalue weighted by molar-refractivity contribution is -0.0510. The topological polar surface area (TPSA) is 67.3 Å². The number of hydrogen-bond acceptors (Lipinski definition) is 3. The van der Waals surface area contributed by atoms with Crippen LogP contribution < -0.4 is 0 Å². The third-order valence-corrected chi connectivity index (χ3v) is 2.14. The van der Waals surface area contributed by atoms with E-state index in [2.05, 4.69) is 18.0 Å². The summed E-state index contributed by atoms with van der Waals surface area (Å²) in [5.74, 6) is 0. The Bertz CT molecular complexity index is 417. The number of nitrogens with zero attached hydrogens (tertiary/aromatic N) is 1. The molecule has 17 heavy (non-hydrogen) atoms. The molecule has 98 valence electrons. The van der Waals surface area contributed by atoms with Crippen LogP contribution in [0.5, 0.6) is 0 Å². The van der Waals surface area contributed by atoms with Gasteiger partial charge in [0.25, 0.3) is 0 Å². The van der Waals surface area contributed by atoms with Gasteiger partial charge in [0.15, 0.2) is 0 Å². The summed E-state index contributed by atoms with van der Waals surface area (Å²) in [6, 6.07) is 4.08. The normalized spacial score (nSPS) is 11.6. The van der Waals surface area contributed by atoms with Crippen molar-refractivity contribution in [3.8, 4) is 0 Å². The summed E-state index contributed by atoms with van der Waals surface area (Å²) in [5, 5.41) is 0. The molecular weight excluding hydrogens is 259 g/mol. The molecule has 0 unspecified atom stereocenters. The van der Waals surface area contributed by atoms with Crippen molar-refractivity contribution in [1.82, 2.24) is 4.98 Å². The van der Waals surface area contributed by atoms with Crippen molar-refractivity contribution >= 4 is 10.1 Å². The van der Waals surface area contributed by atoms with Gasteiger partial charge in [-0.2, -0.15) is 21.6 Å². The van der Waals surface area contributed by atoms with Crippen molar-refractivity contribution in [1.29, 1.82) is 0 Å². The van der Waals surface area contributed by atoms with Gasteiger partial charge < -0.3 is 0 Å². The number of aromatic nitrogens is 1. The van der Waals surface area contributed by atoms with E-state index >= 15 is 0 Å². The molecule has 1 N–H and O–H groups in total. The fourth-order valence-corrected chi connectivity index (χ4v) is 0.835. The zero-order chi connectivity index (χ0) is 13.5. The van der Waals surface area contributed by atoms with E-state index in [-0.39, 0.29) is 0 Å². The molecule has 8 heteroatoms. The Hall–Kier alpha value is -1.15. The molecule has 0 amide bonds. The second-order valence-corrected chi connectivity index (χ2v) is 4.45. The van der Waals surface area contributed by atoms with Crippen LogP contribution in [-0.4, -0.2) is 23.5 Å². The zero-order valence-corrected chi connectivity index (χ0v) is 9.79. The van der Waals surface area contributed by atoms with E-state index in [4.69, 9.17) is 13.0 Å². The van der Waals surface area contributed by atoms with E-state index < -0.39 is 15.6 Å². The molecule has 0 saturated heterocycles. The highest BCUT2D eigenvalue weighted by molar-refractivity contribution is 7.86. The zero-order valence-electron chi connectivity index (χ0n) is 8.98. The lowest BCUT2D eigenvalue weighted by Crippen LogP contribution is -2.21. The van der Waals surface area contributed by atoms with E-state index in [0.29, 0.717) is 0 Å². The number of pyridine rings is 1. The average molecular weight is 271 g/mol. The largest absolute Gasteiger partial charge is 0.522 e. The first-order chi connectivity index (χ1) is 7.68. The minimum atomic E-state index is -5.84. The van der Waals surface area contributed by atoms with Gasteiger partial charge in [0.1, 0.15) is 0 Å². The minimum absolute atomic E-state index is 1.15. The van der Waals surface area contributed by atoms with Crippen LogP contribution in [0.2, 0.25) is 0 Å². The number of halogens is 3. The van der Waals surface area contributed by atoms with Gasteiger partial charge in [-0.1, -0.05) is 19.4 Å². The number of aryl methyl sites for hydroxylation is 1. The average Bonchev–Trinajstić information content (AvgIpc) is 2.17. The second-order valence-electron chi connectivity index (χ2n) is 3.03. The SMILES string of the molecule is CCCc1cccnc1.O=S(=O)(O)C(F)(F)F. The molecule has 0 aromatic carbocycles. The monoisotopic (exact) mass is 271 g/mol. The summed E-state index contributed by atoms with van der Waals surface area (Å²) in [4.78, 5) is 4.00. The first-order valence-corrected chi connectivity index (χ1v) is 6.05. The van der Waals surface area contributed by atoms with Gasteiger partial charge in [-0.15, -0.1) is 0 Å². The summed E-state index contributed by atoms with van der Waals surface area (Å²) in [6.45, 7) is 2.17. The Kier molecular flexibility index (Phi) is 6.11. The van der Waals surface area contributed by atoms with Crippen LogP contribution in [0.3, 0.4) is 0 Å². The summed E-state index contributed by atoms with van der Waals surface area (Å²) < 4.78 is 57.5. The first-order valence-electron chi connectivity index (χ1n) is 4.61. The molecule has 0 fully saturated rings. The van der Waals surface area contributed by atoms with Crippen molar-refractivity contribution in [3.63, 3.8) is 0 Å². The van der Waals surface area contributed by atoms with Crippen LogP contribution in [0, 0.1) is 0 Å². The fourth-order valence-electron chi connectivity index (χ4n) is 0.835. The van der Waals surface area contributed by atoms with E-state index in [1.165, 1.54) is 12.0 Å². The fraction of sp³-hybridized carbons (Fsp3) is 0.444. The maximum atomic E-state index is 10.7. The molecule has 1 rings (SSSR count). The second kappa shape index (κ2) is 6.55. The van der Waals surface area contributed by atoms with Crippen molar-refractivity contribution < 1.29 is 26.1 Å². The molecule has 0 bridgehead atoms. The van der Waals surface area contributed by atoms with Gasteiger partial charge in [0, 0.05) is 12.4 Å². The number of rotatable bonds is 2. The number of hydrogen-bond donors (Lipinski definition) is 1. The van der Waals surface area contributed by atoms with E-state index in [1.54, 1.807) is 6.20 Å². The molecule has 4 nitrogen and oxygen atoms in total. The lowest BCUT2D eigenvalue weighted by atomic mass is 10.2. The first kappa shape index (κ1) is 15.9. The summed E-state index contributed by atoms with van der Waals surface area (Å²) in [5.41, 5.74) is -4.20. The van der Waals surface area contributed by atoms with Gasteiger partial charge in [0.2, 0.25) is 0 Å². The molecule has 0 spiro atoms. The maximum Gasteiger partial charge on any atom is 0.522 e. The third-order valence-electron chi connectivity index (χ3n) is 1.55. The van der Waals surface area contributed by atoms with Gasteiger partial charge in [-0.25, -0.2) is 0 Å². The molecule has 0 aliphatic rings. The highest BCUT2D eigenvalue weighted by atomic mass is 32.2. The molecule has 0 radical (unpaired) electrons. The van der Waals surface area contributed by atoms with Gasteiger partial charge in [-0.05, 0) is 18.1 Å². The van der Waals surface area contributed by atoms with Crippen LogP contribution in [0.1, 0.15) is 18.9 Å². The van der Waals surface area contributed by atoms with Gasteiger partial charge >= 0.3 is 15.6 Å². The molecular formula is C9H12F3NO3S. The summed E-state index contributed by atoms with van der Waals surface area (Å²) in [6.07, 6.45) is 6.07. The van der Waals surface area contributed by atoms with Crippen molar-refractivity contribution in [3.05, 3.63) is 30.1 Å². The van der Waals surface area contributed by atoms with Crippen LogP contribution in [-0.2, 0) is 16.5 Å². The van der Waals surface area contributed by atoms with Crippen molar-refractivity contribution in [2.45, 2.75) is 25.3 Å². The predicted molar refractivity (Wildman–Crippen MR) is 55.8 cm³/mol. The van der Waals surface area contributed by atoms with Crippen molar-refractivity contribution in [2.75, 3.05) is 0 Å². The smallest absolute Gasteiger partial charge is 0.279 e. The molecule has 1 aromatic rings. The van der Waals surface area contributed by atoms with Crippen LogP contribution >= 0.6 is 0 Å². The molecule has 0 saturated carbocycles. The Balaban J connectivity index is 0.000000304. The quantitative estimate of drug-likeness (QED) is 0.662. The summed E-state index contributed by atoms with van der Waals surface area (Å²) >= 11 is 0. The lowest BCUT2D eigenvalue weighted by Gasteiger charge is -1.97. The highest BCUT2D eigenvalue weighted by Gasteiger charge is 2.44. The van der Waals surface area contributed by atoms with Crippen LogP contribution in [0.15, 0.2) is 24.5 Å². The molecule has 1 heterocycles. The Labute approximate surface area is 97.2 Å². The highest BCUT2D eigenvalue weighted by Crippen LogP contribution is 2.20. The standard InChI is InChI=1S/C8H11N.CHF3O3S/c1-2-4-8-5-3-6-9-7-8;2-1(3,4)8(5,6)7/h3,5-7H,2,4H2,1H3;(H,5,6,7). The van der Waals surface area contributed by atoms with Crippen LogP contribution in [0.25, 0.3) is 0 Å². The molecule has 1 aromatic heterocycles. The van der Waals surface area contributed by atoms with Gasteiger partial charge in [0.05, 0.1) is 0 Å². The molecule has 0 atom stereocenters. The van der Waals surface area contributed by atoms with Crippen molar-refractivity contribution in [2.24, 2.45) is 0 Å². The van der Waals surface area contributed by atoms with E-state index in [9.17, 15) is 13.2 Å². The molecule has 0 aliphatic carbocycles. The maximum absolute atomic E-state index is 10.7. The van der Waals surface area contributed by atoms with Gasteiger partial charge in [-0.3, -0.25) is 9.54 Å². The predicted octanol–water partition coefficient (Wildman–Crippen LogP) is 2.43. The Morgan fingerprint density at radius 1 is 1.41 bits per heavy atom. The van der Waals surface area contributed by atoms with E-state index in [1.807, 2.05) is 12.3 Å². The van der Waals surface area contributed by atoms with Crippen LogP contribution in [0.4, 0.5) is 13.2 Å². The molecule has 0 aliphatic heterocycles. The van der Waals surface area contributed by atoms with E-state index in [0.717, 1.165) is 6.42 Å². The third kappa shape index (κ3) is 6.90. The Morgan fingerprint density at radius 3 is 2.24 bits per heavy atom. The number of alkyl halides is 3. The summed E-state index contributed by atoms with van der Waals surface area (Å²) in [7, 11) is -5.84. The Morgan fingerprint density at radius 2 is 1.94 bits per heavy atom. The minimum Gasteiger partial charge on any atom is -0.279 e.